The maximum absolute atomic E-state index is 12.8. The number of esters is 1. The zero-order valence-electron chi connectivity index (χ0n) is 16.6. The highest BCUT2D eigenvalue weighted by Crippen LogP contribution is 2.24. The van der Waals surface area contributed by atoms with Crippen LogP contribution in [0.4, 0.5) is 11.4 Å². The van der Waals surface area contributed by atoms with E-state index in [0.29, 0.717) is 17.0 Å². The third-order valence-electron chi connectivity index (χ3n) is 4.37. The van der Waals surface area contributed by atoms with E-state index in [9.17, 15) is 14.4 Å². The highest BCUT2D eigenvalue weighted by molar-refractivity contribution is 6.09. The lowest BCUT2D eigenvalue weighted by molar-refractivity contribution is 0.0601. The first-order valence-corrected chi connectivity index (χ1v) is 8.96. The fraction of sp³-hybridized carbons (Fsp3) is 0.136. The summed E-state index contributed by atoms with van der Waals surface area (Å²) >= 11 is 0. The summed E-state index contributed by atoms with van der Waals surface area (Å²) < 4.78 is 15.0. The Hall–Kier alpha value is -4.07. The highest BCUT2D eigenvalue weighted by atomic mass is 16.5. The number of carbonyl (C=O) groups is 3. The van der Waals surface area contributed by atoms with Gasteiger partial charge in [0.25, 0.3) is 11.8 Å². The maximum Gasteiger partial charge on any atom is 0.340 e. The van der Waals surface area contributed by atoms with Crippen LogP contribution in [0.5, 0.6) is 5.75 Å². The first-order valence-electron chi connectivity index (χ1n) is 8.96. The van der Waals surface area contributed by atoms with E-state index in [-0.39, 0.29) is 17.0 Å². The summed E-state index contributed by atoms with van der Waals surface area (Å²) in [5.41, 5.74) is 1.96. The molecule has 0 spiro atoms. The molecule has 8 heteroatoms. The number of hydrogen-bond donors (Lipinski definition) is 2. The Balaban J connectivity index is 1.84. The van der Waals surface area contributed by atoms with Gasteiger partial charge >= 0.3 is 5.97 Å². The quantitative estimate of drug-likeness (QED) is 0.600. The number of aryl methyl sites for hydroxylation is 1. The number of rotatable bonds is 6. The minimum Gasteiger partial charge on any atom is -0.497 e. The fourth-order valence-electron chi connectivity index (χ4n) is 2.72. The lowest BCUT2D eigenvalue weighted by Crippen LogP contribution is -2.17. The molecule has 0 atom stereocenters. The minimum absolute atomic E-state index is 0.156. The molecular formula is C22H20N2O6. The van der Waals surface area contributed by atoms with E-state index in [1.165, 1.54) is 26.5 Å². The Morgan fingerprint density at radius 2 is 1.67 bits per heavy atom. The summed E-state index contributed by atoms with van der Waals surface area (Å²) in [6, 6.07) is 12.7. The molecule has 0 fully saturated rings. The summed E-state index contributed by atoms with van der Waals surface area (Å²) in [5.74, 6) is -0.890. The molecule has 0 saturated carbocycles. The molecule has 0 aliphatic heterocycles. The average Bonchev–Trinajstić information content (AvgIpc) is 3.30. The van der Waals surface area contributed by atoms with Crippen LogP contribution < -0.4 is 15.4 Å². The van der Waals surface area contributed by atoms with Crippen LogP contribution in [0, 0.1) is 6.92 Å². The van der Waals surface area contributed by atoms with Crippen LogP contribution in [-0.4, -0.2) is 32.0 Å². The molecule has 3 rings (SSSR count). The smallest absolute Gasteiger partial charge is 0.340 e. The van der Waals surface area contributed by atoms with E-state index >= 15 is 0 Å². The number of furan rings is 1. The molecule has 3 aromatic rings. The molecule has 30 heavy (non-hydrogen) atoms. The molecule has 1 heterocycles. The Morgan fingerprint density at radius 3 is 2.33 bits per heavy atom. The summed E-state index contributed by atoms with van der Waals surface area (Å²) in [6.45, 7) is 1.80. The molecule has 0 bridgehead atoms. The molecule has 2 N–H and O–H groups in total. The topological polar surface area (TPSA) is 107 Å². The first kappa shape index (κ1) is 20.7. The van der Waals surface area contributed by atoms with Crippen molar-refractivity contribution in [1.29, 1.82) is 0 Å². The molecule has 8 nitrogen and oxygen atoms in total. The van der Waals surface area contributed by atoms with Crippen molar-refractivity contribution in [2.75, 3.05) is 24.9 Å². The van der Waals surface area contributed by atoms with Crippen LogP contribution in [-0.2, 0) is 4.74 Å². The molecule has 154 valence electrons. The summed E-state index contributed by atoms with van der Waals surface area (Å²) in [6.07, 6.45) is 1.40. The second-order valence-corrected chi connectivity index (χ2v) is 6.32. The normalized spacial score (nSPS) is 10.2. The van der Waals surface area contributed by atoms with Crippen molar-refractivity contribution in [3.8, 4) is 5.75 Å². The lowest BCUT2D eigenvalue weighted by Gasteiger charge is -2.13. The Morgan fingerprint density at radius 1 is 0.900 bits per heavy atom. The van der Waals surface area contributed by atoms with Crippen molar-refractivity contribution >= 4 is 29.2 Å². The molecule has 0 aliphatic carbocycles. The summed E-state index contributed by atoms with van der Waals surface area (Å²) in [7, 11) is 2.72. The van der Waals surface area contributed by atoms with E-state index in [1.54, 1.807) is 49.4 Å². The Bertz CT molecular complexity index is 1090. The van der Waals surface area contributed by atoms with Gasteiger partial charge in [-0.25, -0.2) is 4.79 Å². The van der Waals surface area contributed by atoms with E-state index in [0.717, 1.165) is 5.56 Å². The molecule has 0 aliphatic rings. The van der Waals surface area contributed by atoms with Gasteiger partial charge < -0.3 is 24.5 Å². The second-order valence-electron chi connectivity index (χ2n) is 6.32. The van der Waals surface area contributed by atoms with Crippen LogP contribution >= 0.6 is 0 Å². The van der Waals surface area contributed by atoms with Crippen molar-refractivity contribution in [2.45, 2.75) is 6.92 Å². The first-order chi connectivity index (χ1) is 14.4. The average molecular weight is 408 g/mol. The van der Waals surface area contributed by atoms with E-state index in [4.69, 9.17) is 13.9 Å². The zero-order valence-corrected chi connectivity index (χ0v) is 16.6. The third-order valence-corrected chi connectivity index (χ3v) is 4.37. The number of methoxy groups -OCH3 is 2. The molecule has 2 aromatic carbocycles. The van der Waals surface area contributed by atoms with Gasteiger partial charge in [0.15, 0.2) is 5.76 Å². The van der Waals surface area contributed by atoms with Crippen LogP contribution in [0.3, 0.4) is 0 Å². The van der Waals surface area contributed by atoms with Crippen molar-refractivity contribution < 1.29 is 28.3 Å². The zero-order chi connectivity index (χ0) is 21.7. The number of benzene rings is 2. The van der Waals surface area contributed by atoms with Crippen molar-refractivity contribution in [2.24, 2.45) is 0 Å². The second kappa shape index (κ2) is 8.95. The fourth-order valence-corrected chi connectivity index (χ4v) is 2.72. The van der Waals surface area contributed by atoms with Crippen molar-refractivity contribution in [1.82, 2.24) is 0 Å². The van der Waals surface area contributed by atoms with E-state index < -0.39 is 17.8 Å². The molecule has 2 amide bonds. The largest absolute Gasteiger partial charge is 0.497 e. The highest BCUT2D eigenvalue weighted by Gasteiger charge is 2.17. The predicted octanol–water partition coefficient (Wildman–Crippen LogP) is 3.89. The van der Waals surface area contributed by atoms with Gasteiger partial charge in [0, 0.05) is 11.3 Å². The van der Waals surface area contributed by atoms with Crippen LogP contribution in [0.25, 0.3) is 0 Å². The number of carbonyl (C=O) groups excluding carboxylic acids is 3. The van der Waals surface area contributed by atoms with Crippen molar-refractivity contribution in [3.05, 3.63) is 77.2 Å². The predicted molar refractivity (Wildman–Crippen MR) is 110 cm³/mol. The summed E-state index contributed by atoms with van der Waals surface area (Å²) in [5, 5.41) is 5.42. The van der Waals surface area contributed by atoms with Gasteiger partial charge in [0.05, 0.1) is 31.7 Å². The van der Waals surface area contributed by atoms with Crippen LogP contribution in [0.1, 0.15) is 36.8 Å². The number of anilines is 2. The minimum atomic E-state index is -0.612. The number of amides is 2. The monoisotopic (exact) mass is 408 g/mol. The van der Waals surface area contributed by atoms with Crippen LogP contribution in [0.15, 0.2) is 59.2 Å². The van der Waals surface area contributed by atoms with Gasteiger partial charge in [0.1, 0.15) is 5.75 Å². The number of hydrogen-bond acceptors (Lipinski definition) is 6. The van der Waals surface area contributed by atoms with Gasteiger partial charge in [-0.3, -0.25) is 9.59 Å². The van der Waals surface area contributed by atoms with Gasteiger partial charge in [-0.2, -0.15) is 0 Å². The summed E-state index contributed by atoms with van der Waals surface area (Å²) in [4.78, 5) is 37.1. The van der Waals surface area contributed by atoms with Crippen molar-refractivity contribution in [3.63, 3.8) is 0 Å². The van der Waals surface area contributed by atoms with Gasteiger partial charge in [-0.15, -0.1) is 0 Å². The molecule has 0 radical (unpaired) electrons. The molecule has 0 unspecified atom stereocenters. The standard InChI is InChI=1S/C22H20N2O6/c1-13-6-7-14(11-18(13)24-21(26)19-5-4-10-30-19)20(25)23-17-9-8-15(28-2)12-16(17)22(27)29-3/h4-12H,1-3H3,(H,23,25)(H,24,26). The van der Waals surface area contributed by atoms with E-state index in [2.05, 4.69) is 10.6 Å². The van der Waals surface area contributed by atoms with Gasteiger partial charge in [-0.1, -0.05) is 6.07 Å². The lowest BCUT2D eigenvalue weighted by atomic mass is 10.1. The number of ether oxygens (including phenoxy) is 2. The Labute approximate surface area is 172 Å². The molecular weight excluding hydrogens is 388 g/mol. The maximum atomic E-state index is 12.8. The van der Waals surface area contributed by atoms with Crippen LogP contribution in [0.2, 0.25) is 0 Å². The molecule has 1 aromatic heterocycles. The third kappa shape index (κ3) is 4.49. The van der Waals surface area contributed by atoms with Gasteiger partial charge in [-0.05, 0) is 55.0 Å². The Kier molecular flexibility index (Phi) is 6.17. The van der Waals surface area contributed by atoms with Gasteiger partial charge in [0.2, 0.25) is 0 Å². The number of nitrogens with one attached hydrogen (secondary N) is 2. The van der Waals surface area contributed by atoms with E-state index in [1.807, 2.05) is 0 Å². The SMILES string of the molecule is COC(=O)c1cc(OC)ccc1NC(=O)c1ccc(C)c(NC(=O)c2ccco2)c1. The molecule has 0 saturated heterocycles.